The molecule has 1 aliphatic rings. The third kappa shape index (κ3) is 8.95. The summed E-state index contributed by atoms with van der Waals surface area (Å²) in [6, 6.07) is 7.40. The van der Waals surface area contributed by atoms with Crippen molar-refractivity contribution in [1.29, 1.82) is 0 Å². The number of aldehydes is 1. The third-order valence-corrected chi connectivity index (χ3v) is 7.38. The van der Waals surface area contributed by atoms with Gasteiger partial charge in [-0.05, 0) is 105 Å². The van der Waals surface area contributed by atoms with Gasteiger partial charge >= 0.3 is 12.5 Å². The van der Waals surface area contributed by atoms with Crippen molar-refractivity contribution in [2.45, 2.75) is 82.6 Å². The zero-order chi connectivity index (χ0) is 29.7. The number of nitrogens with two attached hydrogens (primary N) is 1. The molecule has 0 bridgehead atoms. The molecule has 0 saturated heterocycles. The number of aryl methyl sites for hydroxylation is 1. The molecule has 0 spiro atoms. The highest BCUT2D eigenvalue weighted by Crippen LogP contribution is 2.36. The van der Waals surface area contributed by atoms with Gasteiger partial charge in [-0.25, -0.2) is 18.4 Å². The number of amides is 1. The number of sulfonamides is 1. The van der Waals surface area contributed by atoms with Gasteiger partial charge in [0, 0.05) is 19.5 Å². The van der Waals surface area contributed by atoms with Crippen LogP contribution in [0.15, 0.2) is 35.2 Å². The van der Waals surface area contributed by atoms with Gasteiger partial charge in [-0.1, -0.05) is 12.1 Å². The monoisotopic (exact) mass is 584 g/mol. The van der Waals surface area contributed by atoms with Gasteiger partial charge in [-0.2, -0.15) is 0 Å². The lowest BCUT2D eigenvalue weighted by atomic mass is 9.97. The quantitative estimate of drug-likeness (QED) is 0.274. The molecule has 0 unspecified atom stereocenters. The van der Waals surface area contributed by atoms with E-state index in [2.05, 4.69) is 4.74 Å². The van der Waals surface area contributed by atoms with Crippen LogP contribution in [0.4, 0.5) is 18.0 Å². The van der Waals surface area contributed by atoms with Gasteiger partial charge in [0.15, 0.2) is 0 Å². The second kappa shape index (κ2) is 12.6. The fourth-order valence-electron chi connectivity index (χ4n) is 4.67. The molecule has 0 heterocycles. The van der Waals surface area contributed by atoms with Gasteiger partial charge in [0.1, 0.15) is 17.6 Å². The van der Waals surface area contributed by atoms with E-state index >= 15 is 0 Å². The summed E-state index contributed by atoms with van der Waals surface area (Å²) >= 11 is 0. The number of carbonyl (C=O) groups excluding carboxylic acids is 2. The standard InChI is InChI=1S/C28H35F3N2O6S/c1-27(2,3)39-26(35)33(13-5-4-6-15-34)14-12-21-16-19(10-11-24(21)38-28(29,30)31)22-17-20-8-7-9-23(20)25(18-22)40(32,36)37/h10-11,15-18H,4-9,12-14H2,1-3H3,(H2,32,36,37). The van der Waals surface area contributed by atoms with Gasteiger partial charge in [-0.15, -0.1) is 13.2 Å². The van der Waals surface area contributed by atoms with Gasteiger partial charge in [-0.3, -0.25) is 0 Å². The zero-order valence-electron chi connectivity index (χ0n) is 22.8. The van der Waals surface area contributed by atoms with Crippen LogP contribution in [0.25, 0.3) is 11.1 Å². The number of nitrogens with zero attached hydrogens (tertiary/aromatic N) is 1. The van der Waals surface area contributed by atoms with E-state index in [1.54, 1.807) is 20.8 Å². The van der Waals surface area contributed by atoms with Crippen LogP contribution in [-0.2, 0) is 38.8 Å². The highest BCUT2D eigenvalue weighted by molar-refractivity contribution is 7.89. The Balaban J connectivity index is 1.97. The number of hydrogen-bond donors (Lipinski definition) is 1. The van der Waals surface area contributed by atoms with Crippen molar-refractivity contribution in [2.24, 2.45) is 5.14 Å². The number of hydrogen-bond acceptors (Lipinski definition) is 6. The van der Waals surface area contributed by atoms with Crippen molar-refractivity contribution in [3.05, 3.63) is 47.0 Å². The van der Waals surface area contributed by atoms with E-state index in [1.807, 2.05) is 6.07 Å². The lowest BCUT2D eigenvalue weighted by Gasteiger charge is -2.28. The average Bonchev–Trinajstić information content (AvgIpc) is 3.29. The Morgan fingerprint density at radius 2 is 1.77 bits per heavy atom. The van der Waals surface area contributed by atoms with Gasteiger partial charge in [0.05, 0.1) is 4.90 Å². The molecule has 3 rings (SSSR count). The minimum absolute atomic E-state index is 0.000831. The molecule has 40 heavy (non-hydrogen) atoms. The first-order chi connectivity index (χ1) is 18.6. The van der Waals surface area contributed by atoms with Crippen molar-refractivity contribution >= 4 is 22.4 Å². The Hall–Kier alpha value is -3.12. The first-order valence-electron chi connectivity index (χ1n) is 13.1. The molecule has 0 aromatic heterocycles. The van der Waals surface area contributed by atoms with E-state index < -0.39 is 33.8 Å². The predicted molar refractivity (Wildman–Crippen MR) is 143 cm³/mol. The summed E-state index contributed by atoms with van der Waals surface area (Å²) in [5, 5.41) is 5.47. The van der Waals surface area contributed by atoms with E-state index in [0.717, 1.165) is 18.3 Å². The molecule has 0 radical (unpaired) electrons. The van der Waals surface area contributed by atoms with Crippen molar-refractivity contribution in [1.82, 2.24) is 4.90 Å². The molecule has 2 aromatic rings. The average molecular weight is 585 g/mol. The van der Waals surface area contributed by atoms with Crippen LogP contribution >= 0.6 is 0 Å². The molecule has 12 heteroatoms. The molecule has 1 amide bonds. The molecule has 0 atom stereocenters. The first-order valence-corrected chi connectivity index (χ1v) is 14.6. The highest BCUT2D eigenvalue weighted by atomic mass is 32.2. The largest absolute Gasteiger partial charge is 0.573 e. The molecule has 0 fully saturated rings. The number of benzene rings is 2. The second-order valence-electron chi connectivity index (χ2n) is 10.8. The lowest BCUT2D eigenvalue weighted by Crippen LogP contribution is -2.38. The maximum Gasteiger partial charge on any atom is 0.573 e. The normalized spacial score (nSPS) is 13.6. The van der Waals surface area contributed by atoms with Crippen LogP contribution in [0, 0.1) is 0 Å². The summed E-state index contributed by atoms with van der Waals surface area (Å²) in [5.41, 5.74) is 1.89. The number of unbranched alkanes of at least 4 members (excludes halogenated alkanes) is 2. The Morgan fingerprint density at radius 1 is 1.05 bits per heavy atom. The summed E-state index contributed by atoms with van der Waals surface area (Å²) in [4.78, 5) is 24.9. The first kappa shape index (κ1) is 31.4. The van der Waals surface area contributed by atoms with Crippen LogP contribution < -0.4 is 9.88 Å². The maximum absolute atomic E-state index is 13.2. The summed E-state index contributed by atoms with van der Waals surface area (Å²) in [6.45, 7) is 5.41. The van der Waals surface area contributed by atoms with E-state index in [9.17, 15) is 31.2 Å². The van der Waals surface area contributed by atoms with E-state index in [1.165, 1.54) is 29.2 Å². The van der Waals surface area contributed by atoms with Crippen molar-refractivity contribution in [3.63, 3.8) is 0 Å². The molecular weight excluding hydrogens is 549 g/mol. The van der Waals surface area contributed by atoms with E-state index in [0.29, 0.717) is 48.8 Å². The maximum atomic E-state index is 13.2. The predicted octanol–water partition coefficient (Wildman–Crippen LogP) is 5.54. The minimum Gasteiger partial charge on any atom is -0.444 e. The fraction of sp³-hybridized carbons (Fsp3) is 0.500. The van der Waals surface area contributed by atoms with E-state index in [4.69, 9.17) is 9.88 Å². The summed E-state index contributed by atoms with van der Waals surface area (Å²) in [6.07, 6.45) is -1.37. The van der Waals surface area contributed by atoms with Crippen LogP contribution in [0.1, 0.15) is 63.1 Å². The Labute approximate surface area is 232 Å². The third-order valence-electron chi connectivity index (χ3n) is 6.40. The van der Waals surface area contributed by atoms with Crippen molar-refractivity contribution in [3.8, 4) is 16.9 Å². The van der Waals surface area contributed by atoms with Gasteiger partial charge in [0.25, 0.3) is 0 Å². The molecule has 0 aliphatic heterocycles. The topological polar surface area (TPSA) is 116 Å². The second-order valence-corrected chi connectivity index (χ2v) is 12.3. The Bertz CT molecular complexity index is 1340. The lowest BCUT2D eigenvalue weighted by molar-refractivity contribution is -0.274. The molecule has 1 aliphatic carbocycles. The van der Waals surface area contributed by atoms with Crippen LogP contribution in [0.5, 0.6) is 5.75 Å². The summed E-state index contributed by atoms with van der Waals surface area (Å²) in [5.74, 6) is -0.422. The highest BCUT2D eigenvalue weighted by Gasteiger charge is 2.32. The number of halogens is 3. The van der Waals surface area contributed by atoms with Crippen LogP contribution in [0.3, 0.4) is 0 Å². The smallest absolute Gasteiger partial charge is 0.444 e. The van der Waals surface area contributed by atoms with E-state index in [-0.39, 0.29) is 30.0 Å². The van der Waals surface area contributed by atoms with Crippen molar-refractivity contribution in [2.75, 3.05) is 13.1 Å². The summed E-state index contributed by atoms with van der Waals surface area (Å²) in [7, 11) is -4.01. The van der Waals surface area contributed by atoms with Crippen LogP contribution in [0.2, 0.25) is 0 Å². The Kier molecular flexibility index (Phi) is 9.89. The number of primary sulfonamides is 1. The fourth-order valence-corrected chi connectivity index (χ4v) is 5.54. The van der Waals surface area contributed by atoms with Crippen LogP contribution in [-0.4, -0.2) is 50.8 Å². The molecule has 8 nitrogen and oxygen atoms in total. The molecule has 0 saturated carbocycles. The number of fused-ring (bicyclic) bond motifs is 1. The SMILES string of the molecule is CC(C)(C)OC(=O)N(CCCCC=O)CCc1cc(-c2cc3c(c(S(N)(=O)=O)c2)CCC3)ccc1OC(F)(F)F. The molecular formula is C28H35F3N2O6S. The van der Waals surface area contributed by atoms with Crippen molar-refractivity contribution < 1.29 is 40.7 Å². The number of ether oxygens (including phenoxy) is 2. The van der Waals surface area contributed by atoms with Gasteiger partial charge in [0.2, 0.25) is 10.0 Å². The number of alkyl halides is 3. The summed E-state index contributed by atoms with van der Waals surface area (Å²) < 4.78 is 74.0. The minimum atomic E-state index is -4.94. The molecule has 2 N–H and O–H groups in total. The molecule has 220 valence electrons. The number of rotatable bonds is 11. The number of carbonyl (C=O) groups is 2. The zero-order valence-corrected chi connectivity index (χ0v) is 23.7. The Morgan fingerprint density at radius 3 is 2.40 bits per heavy atom. The molecule has 2 aromatic carbocycles. The van der Waals surface area contributed by atoms with Gasteiger partial charge < -0.3 is 19.2 Å².